The molecular weight excluding hydrogens is 380 g/mol. The predicted octanol–water partition coefficient (Wildman–Crippen LogP) is 2.58. The van der Waals surface area contributed by atoms with E-state index in [0.717, 1.165) is 11.8 Å². The molecule has 8 heteroatoms. The van der Waals surface area contributed by atoms with E-state index >= 15 is 0 Å². The molecule has 1 aliphatic rings. The quantitative estimate of drug-likeness (QED) is 0.776. The van der Waals surface area contributed by atoms with Crippen LogP contribution >= 0.6 is 0 Å². The number of carbonyl (C=O) groups excluding carboxylic acids is 2. The van der Waals surface area contributed by atoms with Crippen molar-refractivity contribution in [3.05, 3.63) is 59.7 Å². The zero-order valence-electron chi connectivity index (χ0n) is 15.9. The summed E-state index contributed by atoms with van der Waals surface area (Å²) in [5.41, 5.74) is 2.22. The number of sulfonamides is 1. The lowest BCUT2D eigenvalue weighted by Gasteiger charge is -2.22. The number of para-hydroxylation sites is 1. The molecule has 0 spiro atoms. The van der Waals surface area contributed by atoms with E-state index in [9.17, 15) is 18.0 Å². The summed E-state index contributed by atoms with van der Waals surface area (Å²) in [4.78, 5) is 24.6. The Labute approximate surface area is 164 Å². The van der Waals surface area contributed by atoms with Crippen LogP contribution in [0.2, 0.25) is 0 Å². The Kier molecular flexibility index (Phi) is 5.42. The molecule has 148 valence electrons. The van der Waals surface area contributed by atoms with Crippen molar-refractivity contribution in [1.82, 2.24) is 0 Å². The Hall–Kier alpha value is -2.87. The molecule has 0 aliphatic carbocycles. The molecule has 2 aromatic carbocycles. The van der Waals surface area contributed by atoms with Crippen molar-refractivity contribution in [2.75, 3.05) is 15.9 Å². The molecule has 1 heterocycles. The maximum Gasteiger partial charge on any atom is 0.338 e. The molecule has 0 fully saturated rings. The van der Waals surface area contributed by atoms with Gasteiger partial charge < -0.3 is 10.1 Å². The normalized spacial score (nSPS) is 17.0. The van der Waals surface area contributed by atoms with Crippen LogP contribution in [0.15, 0.2) is 48.5 Å². The van der Waals surface area contributed by atoms with Crippen molar-refractivity contribution >= 4 is 33.3 Å². The Morgan fingerprint density at radius 1 is 1.18 bits per heavy atom. The Morgan fingerprint density at radius 3 is 2.50 bits per heavy atom. The minimum absolute atomic E-state index is 0.216. The highest BCUT2D eigenvalue weighted by atomic mass is 32.2. The van der Waals surface area contributed by atoms with Gasteiger partial charge in [-0.15, -0.1) is 0 Å². The summed E-state index contributed by atoms with van der Waals surface area (Å²) in [6.07, 6.45) is 0.689. The maximum absolute atomic E-state index is 12.4. The van der Waals surface area contributed by atoms with Crippen molar-refractivity contribution in [3.63, 3.8) is 0 Å². The van der Waals surface area contributed by atoms with Crippen LogP contribution in [0.5, 0.6) is 0 Å². The molecule has 2 aromatic rings. The third kappa shape index (κ3) is 4.17. The van der Waals surface area contributed by atoms with Crippen LogP contribution in [0.4, 0.5) is 11.4 Å². The van der Waals surface area contributed by atoms with Crippen molar-refractivity contribution in [3.8, 4) is 0 Å². The summed E-state index contributed by atoms with van der Waals surface area (Å²) in [6, 6.07) is 13.4. The number of hydrogen-bond acceptors (Lipinski definition) is 5. The van der Waals surface area contributed by atoms with E-state index in [0.29, 0.717) is 17.8 Å². The number of fused-ring (bicyclic) bond motifs is 1. The van der Waals surface area contributed by atoms with Crippen LogP contribution in [-0.2, 0) is 26.0 Å². The highest BCUT2D eigenvalue weighted by Gasteiger charge is 2.33. The molecule has 1 amide bonds. The third-order valence-electron chi connectivity index (χ3n) is 4.52. The first-order chi connectivity index (χ1) is 13.2. The van der Waals surface area contributed by atoms with E-state index in [1.807, 2.05) is 13.0 Å². The molecule has 3 rings (SSSR count). The number of hydrogen-bond donors (Lipinski definition) is 1. The van der Waals surface area contributed by atoms with E-state index in [1.54, 1.807) is 36.4 Å². The Morgan fingerprint density at radius 2 is 1.86 bits per heavy atom. The average molecular weight is 402 g/mol. The van der Waals surface area contributed by atoms with E-state index in [-0.39, 0.29) is 11.6 Å². The zero-order chi connectivity index (χ0) is 20.5. The van der Waals surface area contributed by atoms with Gasteiger partial charge in [-0.05, 0) is 56.2 Å². The molecule has 28 heavy (non-hydrogen) atoms. The lowest BCUT2D eigenvalue weighted by atomic mass is 10.1. The molecule has 7 nitrogen and oxygen atoms in total. The lowest BCUT2D eigenvalue weighted by molar-refractivity contribution is -0.123. The van der Waals surface area contributed by atoms with E-state index in [2.05, 4.69) is 5.32 Å². The van der Waals surface area contributed by atoms with Crippen molar-refractivity contribution in [1.29, 1.82) is 0 Å². The summed E-state index contributed by atoms with van der Waals surface area (Å²) >= 11 is 0. The van der Waals surface area contributed by atoms with Gasteiger partial charge in [-0.2, -0.15) is 0 Å². The van der Waals surface area contributed by atoms with Crippen molar-refractivity contribution < 1.29 is 22.7 Å². The van der Waals surface area contributed by atoms with Gasteiger partial charge in [0.05, 0.1) is 17.5 Å². The molecule has 0 bridgehead atoms. The SMILES string of the molecule is C[C@H](OC(=O)c1ccc2c(c1)C[C@H](C)N2S(C)(=O)=O)C(=O)Nc1ccccc1. The van der Waals surface area contributed by atoms with Crippen LogP contribution in [0.1, 0.15) is 29.8 Å². The number of anilines is 2. The zero-order valence-corrected chi connectivity index (χ0v) is 16.7. The van der Waals surface area contributed by atoms with Gasteiger partial charge in [0.2, 0.25) is 10.0 Å². The van der Waals surface area contributed by atoms with Gasteiger partial charge in [-0.1, -0.05) is 18.2 Å². The van der Waals surface area contributed by atoms with Crippen LogP contribution in [0.3, 0.4) is 0 Å². The van der Waals surface area contributed by atoms with Gasteiger partial charge in [0.1, 0.15) is 0 Å². The van der Waals surface area contributed by atoms with Crippen LogP contribution in [-0.4, -0.2) is 38.7 Å². The number of nitrogens with zero attached hydrogens (tertiary/aromatic N) is 1. The molecule has 0 radical (unpaired) electrons. The largest absolute Gasteiger partial charge is 0.449 e. The van der Waals surface area contributed by atoms with Gasteiger partial charge in [0.25, 0.3) is 5.91 Å². The van der Waals surface area contributed by atoms with E-state index in [4.69, 9.17) is 4.74 Å². The van der Waals surface area contributed by atoms with Crippen LogP contribution in [0, 0.1) is 0 Å². The van der Waals surface area contributed by atoms with E-state index < -0.39 is 28.0 Å². The fraction of sp³-hybridized carbons (Fsp3) is 0.300. The lowest BCUT2D eigenvalue weighted by Crippen LogP contribution is -2.34. The Bertz CT molecular complexity index is 1000. The summed E-state index contributed by atoms with van der Waals surface area (Å²) in [6.45, 7) is 3.31. The van der Waals surface area contributed by atoms with Crippen molar-refractivity contribution in [2.45, 2.75) is 32.4 Å². The van der Waals surface area contributed by atoms with Crippen molar-refractivity contribution in [2.24, 2.45) is 0 Å². The number of esters is 1. The Balaban J connectivity index is 1.70. The molecule has 2 atom stereocenters. The summed E-state index contributed by atoms with van der Waals surface area (Å²) < 4.78 is 30.6. The molecule has 0 saturated heterocycles. The number of rotatable bonds is 5. The molecule has 0 saturated carbocycles. The maximum atomic E-state index is 12.4. The minimum atomic E-state index is -3.39. The predicted molar refractivity (Wildman–Crippen MR) is 107 cm³/mol. The van der Waals surface area contributed by atoms with Gasteiger partial charge in [0.15, 0.2) is 6.10 Å². The molecule has 1 aliphatic heterocycles. The molecule has 0 aromatic heterocycles. The second kappa shape index (κ2) is 7.63. The third-order valence-corrected chi connectivity index (χ3v) is 5.79. The first kappa shape index (κ1) is 19.9. The van der Waals surface area contributed by atoms with Crippen LogP contribution in [0.25, 0.3) is 0 Å². The summed E-state index contributed by atoms with van der Waals surface area (Å²) in [7, 11) is -3.39. The van der Waals surface area contributed by atoms with Crippen LogP contribution < -0.4 is 9.62 Å². The van der Waals surface area contributed by atoms with Gasteiger partial charge >= 0.3 is 5.97 Å². The fourth-order valence-corrected chi connectivity index (χ4v) is 4.55. The van der Waals surface area contributed by atoms with E-state index in [1.165, 1.54) is 17.3 Å². The summed E-state index contributed by atoms with van der Waals surface area (Å²) in [5, 5.41) is 2.68. The highest BCUT2D eigenvalue weighted by Crippen LogP contribution is 2.34. The fourth-order valence-electron chi connectivity index (χ4n) is 3.28. The molecular formula is C20H22N2O5S. The number of carbonyl (C=O) groups is 2. The topological polar surface area (TPSA) is 92.8 Å². The first-order valence-corrected chi connectivity index (χ1v) is 10.7. The number of amides is 1. The van der Waals surface area contributed by atoms with Gasteiger partial charge in [0, 0.05) is 11.7 Å². The second-order valence-electron chi connectivity index (χ2n) is 6.86. The standard InChI is InChI=1S/C20H22N2O5S/c1-13-11-16-12-15(9-10-18(16)22(13)28(3,25)26)20(24)27-14(2)19(23)21-17-7-5-4-6-8-17/h4-10,12-14H,11H2,1-3H3,(H,21,23)/t13-,14-/m0/s1. The van der Waals surface area contributed by atoms with Gasteiger partial charge in [-0.3, -0.25) is 9.10 Å². The summed E-state index contributed by atoms with van der Waals surface area (Å²) in [5.74, 6) is -1.07. The van der Waals surface area contributed by atoms with Gasteiger partial charge in [-0.25, -0.2) is 13.2 Å². The monoisotopic (exact) mass is 402 g/mol. The minimum Gasteiger partial charge on any atom is -0.449 e. The second-order valence-corrected chi connectivity index (χ2v) is 8.72. The number of benzene rings is 2. The smallest absolute Gasteiger partial charge is 0.338 e. The highest BCUT2D eigenvalue weighted by molar-refractivity contribution is 7.92. The number of ether oxygens (including phenoxy) is 1. The average Bonchev–Trinajstić information content (AvgIpc) is 2.97. The number of nitrogens with one attached hydrogen (secondary N) is 1. The molecule has 0 unspecified atom stereocenters. The molecule has 1 N–H and O–H groups in total. The first-order valence-electron chi connectivity index (χ1n) is 8.86.